The van der Waals surface area contributed by atoms with Gasteiger partial charge >= 0.3 is 5.97 Å². The number of nitrogens with one attached hydrogen (secondary N) is 1. The molecule has 1 aliphatic heterocycles. The second kappa shape index (κ2) is 5.53. The van der Waals surface area contributed by atoms with E-state index in [-0.39, 0.29) is 29.6 Å². The molecule has 2 amide bonds. The summed E-state index contributed by atoms with van der Waals surface area (Å²) >= 11 is 0.864. The summed E-state index contributed by atoms with van der Waals surface area (Å²) in [5.41, 5.74) is 0. The smallest absolute Gasteiger partial charge is 0.307 e. The average Bonchev–Trinajstić information content (AvgIpc) is 2.58. The van der Waals surface area contributed by atoms with Gasteiger partial charge in [0.15, 0.2) is 0 Å². The van der Waals surface area contributed by atoms with E-state index in [2.05, 4.69) is 5.32 Å². The Kier molecular flexibility index (Phi) is 4.04. The van der Waals surface area contributed by atoms with E-state index >= 15 is 0 Å². The molecule has 6 heteroatoms. The van der Waals surface area contributed by atoms with Gasteiger partial charge in [0, 0.05) is 0 Å². The average molecular weight is 257 g/mol. The van der Waals surface area contributed by atoms with Crippen LogP contribution in [0.1, 0.15) is 38.5 Å². The molecule has 5 nitrogen and oxygen atoms in total. The summed E-state index contributed by atoms with van der Waals surface area (Å²) in [6.07, 6.45) is 5.19. The molecular weight excluding hydrogens is 242 g/mol. The lowest BCUT2D eigenvalue weighted by Crippen LogP contribution is -2.28. The first kappa shape index (κ1) is 12.4. The Morgan fingerprint density at radius 1 is 1.29 bits per heavy atom. The molecule has 0 aromatic rings. The molecule has 1 aliphatic carbocycles. The van der Waals surface area contributed by atoms with Crippen molar-refractivity contribution in [1.29, 1.82) is 0 Å². The normalized spacial score (nSPS) is 25.8. The van der Waals surface area contributed by atoms with Crippen LogP contribution < -0.4 is 5.32 Å². The van der Waals surface area contributed by atoms with Gasteiger partial charge in [0.1, 0.15) is 11.4 Å². The Bertz CT molecular complexity index is 338. The van der Waals surface area contributed by atoms with Crippen molar-refractivity contribution < 1.29 is 19.1 Å². The minimum Gasteiger partial charge on any atom is -0.462 e. The van der Waals surface area contributed by atoms with E-state index in [1.165, 1.54) is 6.42 Å². The molecule has 1 saturated carbocycles. The van der Waals surface area contributed by atoms with E-state index in [0.717, 1.165) is 37.4 Å². The lowest BCUT2D eigenvalue weighted by Gasteiger charge is -2.22. The molecule has 1 atom stereocenters. The number of hydrogen-bond donors (Lipinski definition) is 1. The first-order valence-corrected chi connectivity index (χ1v) is 6.74. The van der Waals surface area contributed by atoms with Crippen LogP contribution in [-0.2, 0) is 14.3 Å². The molecule has 1 saturated heterocycles. The highest BCUT2D eigenvalue weighted by molar-refractivity contribution is 8.15. The van der Waals surface area contributed by atoms with Crippen molar-refractivity contribution in [2.24, 2.45) is 0 Å². The number of carbonyl (C=O) groups excluding carboxylic acids is 3. The molecule has 0 aromatic carbocycles. The first-order chi connectivity index (χ1) is 8.15. The maximum Gasteiger partial charge on any atom is 0.307 e. The van der Waals surface area contributed by atoms with Gasteiger partial charge in [-0.3, -0.25) is 19.7 Å². The highest BCUT2D eigenvalue weighted by atomic mass is 32.2. The van der Waals surface area contributed by atoms with Crippen LogP contribution in [-0.4, -0.2) is 28.5 Å². The van der Waals surface area contributed by atoms with E-state index < -0.39 is 5.25 Å². The molecule has 1 unspecified atom stereocenters. The highest BCUT2D eigenvalue weighted by Crippen LogP contribution is 2.24. The number of esters is 1. The molecule has 1 heterocycles. The summed E-state index contributed by atoms with van der Waals surface area (Å²) in [5, 5.41) is 1.16. The van der Waals surface area contributed by atoms with Gasteiger partial charge in [0.2, 0.25) is 5.91 Å². The summed E-state index contributed by atoms with van der Waals surface area (Å²) in [6, 6.07) is 0. The summed E-state index contributed by atoms with van der Waals surface area (Å²) in [5.74, 6) is -0.764. The molecule has 2 rings (SSSR count). The first-order valence-electron chi connectivity index (χ1n) is 5.86. The largest absolute Gasteiger partial charge is 0.462 e. The van der Waals surface area contributed by atoms with Crippen molar-refractivity contribution in [3.05, 3.63) is 0 Å². The lowest BCUT2D eigenvalue weighted by molar-refractivity contribution is -0.151. The molecule has 0 spiro atoms. The molecule has 2 aliphatic rings. The minimum atomic E-state index is -0.612. The van der Waals surface area contributed by atoms with E-state index in [9.17, 15) is 14.4 Å². The van der Waals surface area contributed by atoms with Gasteiger partial charge in [-0.05, 0) is 25.7 Å². The van der Waals surface area contributed by atoms with E-state index in [1.807, 2.05) is 0 Å². The zero-order chi connectivity index (χ0) is 12.3. The number of imide groups is 1. The van der Waals surface area contributed by atoms with Crippen molar-refractivity contribution >= 4 is 28.9 Å². The van der Waals surface area contributed by atoms with Crippen LogP contribution in [0.15, 0.2) is 0 Å². The van der Waals surface area contributed by atoms with Gasteiger partial charge in [-0.2, -0.15) is 0 Å². The Morgan fingerprint density at radius 3 is 2.59 bits per heavy atom. The van der Waals surface area contributed by atoms with Gasteiger partial charge < -0.3 is 4.74 Å². The topological polar surface area (TPSA) is 72.5 Å². The van der Waals surface area contributed by atoms with Crippen molar-refractivity contribution in [1.82, 2.24) is 5.32 Å². The minimum absolute atomic E-state index is 0.00131. The van der Waals surface area contributed by atoms with Crippen LogP contribution in [0, 0.1) is 0 Å². The second-order valence-corrected chi connectivity index (χ2v) is 5.51. The zero-order valence-corrected chi connectivity index (χ0v) is 10.3. The fourth-order valence-corrected chi connectivity index (χ4v) is 2.90. The number of ether oxygens (including phenoxy) is 1. The van der Waals surface area contributed by atoms with Gasteiger partial charge in [0.05, 0.1) is 6.42 Å². The summed E-state index contributed by atoms with van der Waals surface area (Å²) in [7, 11) is 0. The molecule has 17 heavy (non-hydrogen) atoms. The Balaban J connectivity index is 1.76. The summed E-state index contributed by atoms with van der Waals surface area (Å²) in [4.78, 5) is 33.8. The van der Waals surface area contributed by atoms with Gasteiger partial charge in [-0.15, -0.1) is 0 Å². The number of amides is 2. The summed E-state index contributed by atoms with van der Waals surface area (Å²) in [6.45, 7) is 0. The molecule has 0 aromatic heterocycles. The third kappa shape index (κ3) is 3.46. The lowest BCUT2D eigenvalue weighted by atomic mass is 9.98. The maximum atomic E-state index is 11.6. The maximum absolute atomic E-state index is 11.6. The standard InChI is InChI=1S/C11H15NO4S/c13-9(16-7-4-2-1-3-5-7)6-8-10(14)12-11(15)17-8/h7-8H,1-6H2,(H,12,14,15). The molecular formula is C11H15NO4S. The number of rotatable bonds is 3. The Morgan fingerprint density at radius 2 is 2.00 bits per heavy atom. The van der Waals surface area contributed by atoms with Gasteiger partial charge in [-0.1, -0.05) is 18.2 Å². The molecule has 0 bridgehead atoms. The zero-order valence-electron chi connectivity index (χ0n) is 9.44. The molecule has 1 N–H and O–H groups in total. The van der Waals surface area contributed by atoms with Crippen LogP contribution in [0.25, 0.3) is 0 Å². The van der Waals surface area contributed by atoms with Crippen LogP contribution in [0.4, 0.5) is 4.79 Å². The van der Waals surface area contributed by atoms with Crippen LogP contribution in [0.5, 0.6) is 0 Å². The monoisotopic (exact) mass is 257 g/mol. The van der Waals surface area contributed by atoms with Gasteiger partial charge in [-0.25, -0.2) is 0 Å². The Hall–Kier alpha value is -1.04. The highest BCUT2D eigenvalue weighted by Gasteiger charge is 2.34. The predicted octanol–water partition coefficient (Wildman–Crippen LogP) is 1.60. The van der Waals surface area contributed by atoms with Gasteiger partial charge in [0.25, 0.3) is 5.24 Å². The quantitative estimate of drug-likeness (QED) is 0.777. The van der Waals surface area contributed by atoms with Crippen molar-refractivity contribution in [3.8, 4) is 0 Å². The Labute approximate surface area is 104 Å². The number of carbonyl (C=O) groups is 3. The van der Waals surface area contributed by atoms with Crippen molar-refractivity contribution in [3.63, 3.8) is 0 Å². The fraction of sp³-hybridized carbons (Fsp3) is 0.727. The van der Waals surface area contributed by atoms with Crippen molar-refractivity contribution in [2.45, 2.75) is 49.9 Å². The fourth-order valence-electron chi connectivity index (χ4n) is 2.10. The third-order valence-corrected chi connectivity index (χ3v) is 3.95. The number of thioether (sulfide) groups is 1. The van der Waals surface area contributed by atoms with Crippen LogP contribution in [0.3, 0.4) is 0 Å². The number of hydrogen-bond acceptors (Lipinski definition) is 5. The van der Waals surface area contributed by atoms with Crippen LogP contribution >= 0.6 is 11.8 Å². The second-order valence-electron chi connectivity index (χ2n) is 4.34. The summed E-state index contributed by atoms with van der Waals surface area (Å²) < 4.78 is 5.29. The third-order valence-electron chi connectivity index (χ3n) is 2.97. The van der Waals surface area contributed by atoms with Crippen molar-refractivity contribution in [2.75, 3.05) is 0 Å². The van der Waals surface area contributed by atoms with Crippen LogP contribution in [0.2, 0.25) is 0 Å². The SMILES string of the molecule is O=C(CC1SC(=O)NC1=O)OC1CCCCC1. The van der Waals surface area contributed by atoms with E-state index in [4.69, 9.17) is 4.74 Å². The van der Waals surface area contributed by atoms with E-state index in [1.54, 1.807) is 0 Å². The molecule has 0 radical (unpaired) electrons. The predicted molar refractivity (Wildman–Crippen MR) is 62.5 cm³/mol. The molecule has 2 fully saturated rings. The van der Waals surface area contributed by atoms with E-state index in [0.29, 0.717) is 0 Å². The molecule has 94 valence electrons.